The number of halogens is 4. The fourth-order valence-electron chi connectivity index (χ4n) is 3.05. The summed E-state index contributed by atoms with van der Waals surface area (Å²) in [4.78, 5) is 12.2. The summed E-state index contributed by atoms with van der Waals surface area (Å²) in [7, 11) is 1.47. The zero-order chi connectivity index (χ0) is 22.2. The largest absolute Gasteiger partial charge is 0.408 e. The van der Waals surface area contributed by atoms with Crippen LogP contribution in [0.15, 0.2) is 41.7 Å². The summed E-state index contributed by atoms with van der Waals surface area (Å²) in [5.74, 6) is 0.651. The summed E-state index contributed by atoms with van der Waals surface area (Å²) in [6.07, 6.45) is 1.40. The van der Waals surface area contributed by atoms with Crippen LogP contribution in [0.1, 0.15) is 30.0 Å². The van der Waals surface area contributed by atoms with Crippen LogP contribution in [0, 0.1) is 5.41 Å². The Morgan fingerprint density at radius 1 is 1.35 bits per heavy atom. The Morgan fingerprint density at radius 2 is 2.13 bits per heavy atom. The Hall–Kier alpha value is -2.35. The number of benzene rings is 1. The van der Waals surface area contributed by atoms with E-state index in [0.717, 1.165) is 35.0 Å². The smallest absolute Gasteiger partial charge is 0.407 e. The third-order valence-electron chi connectivity index (χ3n) is 4.64. The van der Waals surface area contributed by atoms with Gasteiger partial charge in [0.2, 0.25) is 5.90 Å². The molecule has 1 aromatic carbocycles. The van der Waals surface area contributed by atoms with Crippen molar-refractivity contribution >= 4 is 53.1 Å². The third-order valence-corrected chi connectivity index (χ3v) is 6.37. The van der Waals surface area contributed by atoms with E-state index in [-0.39, 0.29) is 0 Å². The van der Waals surface area contributed by atoms with Gasteiger partial charge in [-0.1, -0.05) is 0 Å². The number of rotatable bonds is 5. The van der Waals surface area contributed by atoms with E-state index in [0.29, 0.717) is 17.3 Å². The first-order valence-corrected chi connectivity index (χ1v) is 12.5. The van der Waals surface area contributed by atoms with E-state index in [1.54, 1.807) is 24.4 Å². The Labute approximate surface area is 191 Å². The van der Waals surface area contributed by atoms with Crippen LogP contribution >= 0.6 is 30.3 Å². The van der Waals surface area contributed by atoms with Crippen LogP contribution in [0.5, 0.6) is 0 Å². The van der Waals surface area contributed by atoms with Gasteiger partial charge in [0.25, 0.3) is 6.02 Å². The fraction of sp³-hybridized carbons (Fsp3) is 0.263. The van der Waals surface area contributed by atoms with E-state index in [2.05, 4.69) is 31.2 Å². The van der Waals surface area contributed by atoms with Crippen molar-refractivity contribution in [2.24, 2.45) is 10.7 Å². The van der Waals surface area contributed by atoms with Crippen LogP contribution in [-0.2, 0) is 4.74 Å². The van der Waals surface area contributed by atoms with Gasteiger partial charge in [0.1, 0.15) is 6.54 Å². The molecule has 3 aromatic rings. The molecule has 1 saturated carbocycles. The van der Waals surface area contributed by atoms with Crippen LogP contribution in [0.3, 0.4) is 0 Å². The molecular formula is C19H16F3IN6OS. The van der Waals surface area contributed by atoms with Crippen molar-refractivity contribution in [1.29, 1.82) is 5.41 Å². The van der Waals surface area contributed by atoms with E-state index >= 15 is 0 Å². The zero-order valence-corrected chi connectivity index (χ0v) is 18.8. The van der Waals surface area contributed by atoms with Crippen LogP contribution in [0.4, 0.5) is 13.2 Å². The van der Waals surface area contributed by atoms with Crippen molar-refractivity contribution in [3.05, 3.63) is 47.9 Å². The highest BCUT2D eigenvalue weighted by Gasteiger charge is 2.27. The predicted octanol–water partition coefficient (Wildman–Crippen LogP) is 5.04. The molecular weight excluding hydrogens is 544 g/mol. The molecule has 12 heteroatoms. The molecule has 1 fully saturated rings. The summed E-state index contributed by atoms with van der Waals surface area (Å²) in [5, 5.41) is 8.87. The van der Waals surface area contributed by atoms with Crippen molar-refractivity contribution in [2.45, 2.75) is 24.9 Å². The second-order valence-electron chi connectivity index (χ2n) is 6.95. The van der Waals surface area contributed by atoms with Crippen molar-refractivity contribution in [3.8, 4) is 11.4 Å². The first-order valence-electron chi connectivity index (χ1n) is 9.16. The number of nitrogens with zero attached hydrogens (tertiary/aromatic N) is 4. The Morgan fingerprint density at radius 3 is 2.81 bits per heavy atom. The average molecular weight is 560 g/mol. The summed E-state index contributed by atoms with van der Waals surface area (Å²) >= 11 is 2.16. The number of nitrogens with two attached hydrogens (primary N) is 1. The van der Waals surface area contributed by atoms with Gasteiger partial charge in [-0.2, -0.15) is 13.2 Å². The van der Waals surface area contributed by atoms with Crippen molar-refractivity contribution in [1.82, 2.24) is 13.9 Å². The molecule has 0 atom stereocenters. The standard InChI is InChI=1S/C19H16F3IN6OS/c20-19(21,22)9-27-18(25)30-16(24)11-3-4-15-12(7-11)13(8-29(15)31-23)17-26-6-5-14(28-17)10-1-2-10/h3-8,10,24H,1-2,9H2,(H2,25,27). The van der Waals surface area contributed by atoms with Crippen molar-refractivity contribution in [3.63, 3.8) is 0 Å². The molecule has 4 rings (SSSR count). The molecule has 7 nitrogen and oxygen atoms in total. The number of aliphatic imine (C=N–C) groups is 1. The van der Waals surface area contributed by atoms with E-state index in [1.165, 1.54) is 9.12 Å². The maximum Gasteiger partial charge on any atom is 0.408 e. The number of nitrogens with one attached hydrogen (secondary N) is 1. The normalized spacial score (nSPS) is 14.8. The fourth-order valence-corrected chi connectivity index (χ4v) is 4.41. The molecule has 2 aromatic heterocycles. The molecule has 31 heavy (non-hydrogen) atoms. The highest BCUT2D eigenvalue weighted by molar-refractivity contribution is 14.2. The SMILES string of the molecule is N=C(OC(N)=NCC(F)(F)F)c1ccc2c(c1)c(-c1nccc(C3CC3)n1)cn2SI. The minimum absolute atomic E-state index is 0.341. The van der Waals surface area contributed by atoms with Crippen LogP contribution in [0.2, 0.25) is 0 Å². The number of hydrogen-bond acceptors (Lipinski definition) is 6. The minimum atomic E-state index is -4.50. The molecule has 3 N–H and O–H groups in total. The molecule has 0 bridgehead atoms. The molecule has 162 valence electrons. The predicted molar refractivity (Wildman–Crippen MR) is 122 cm³/mol. The summed E-state index contributed by atoms with van der Waals surface area (Å²) in [6, 6.07) is 6.34. The lowest BCUT2D eigenvalue weighted by atomic mass is 10.1. The van der Waals surface area contributed by atoms with Gasteiger partial charge in [-0.15, -0.1) is 0 Å². The summed E-state index contributed by atoms with van der Waals surface area (Å²) < 4.78 is 43.8. The Kier molecular flexibility index (Phi) is 6.10. The highest BCUT2D eigenvalue weighted by Crippen LogP contribution is 2.40. The summed E-state index contributed by atoms with van der Waals surface area (Å²) in [6.45, 7) is -1.47. The van der Waals surface area contributed by atoms with Gasteiger partial charge in [-0.25, -0.2) is 15.0 Å². The number of hydrogen-bond donors (Lipinski definition) is 2. The van der Waals surface area contributed by atoms with Crippen LogP contribution in [0.25, 0.3) is 22.3 Å². The van der Waals surface area contributed by atoms with Crippen molar-refractivity contribution < 1.29 is 17.9 Å². The van der Waals surface area contributed by atoms with Gasteiger partial charge in [0.15, 0.2) is 5.82 Å². The number of ether oxygens (including phenoxy) is 1. The molecule has 0 spiro atoms. The minimum Gasteiger partial charge on any atom is -0.407 e. The van der Waals surface area contributed by atoms with E-state index in [9.17, 15) is 13.2 Å². The molecule has 1 aliphatic rings. The van der Waals surface area contributed by atoms with Crippen LogP contribution < -0.4 is 5.73 Å². The number of amidine groups is 1. The lowest BCUT2D eigenvalue weighted by molar-refractivity contribution is -0.118. The quantitative estimate of drug-likeness (QED) is 0.259. The Bertz CT molecular complexity index is 1180. The molecule has 0 unspecified atom stereocenters. The second-order valence-corrected chi connectivity index (χ2v) is 8.66. The lowest BCUT2D eigenvalue weighted by Gasteiger charge is -2.08. The van der Waals surface area contributed by atoms with E-state index < -0.39 is 24.6 Å². The first kappa shape index (κ1) is 21.9. The monoisotopic (exact) mass is 560 g/mol. The van der Waals surface area contributed by atoms with Crippen molar-refractivity contribution in [2.75, 3.05) is 6.54 Å². The molecule has 0 saturated heterocycles. The van der Waals surface area contributed by atoms with Gasteiger partial charge in [-0.05, 0) is 37.1 Å². The zero-order valence-electron chi connectivity index (χ0n) is 15.9. The first-order chi connectivity index (χ1) is 14.7. The van der Waals surface area contributed by atoms with E-state index in [4.69, 9.17) is 20.9 Å². The highest BCUT2D eigenvalue weighted by atomic mass is 127. The molecule has 0 radical (unpaired) electrons. The maximum absolute atomic E-state index is 12.3. The van der Waals surface area contributed by atoms with Gasteiger partial charge in [-0.3, -0.25) is 9.38 Å². The Balaban J connectivity index is 1.67. The lowest BCUT2D eigenvalue weighted by Crippen LogP contribution is -2.24. The molecule has 1 aliphatic carbocycles. The maximum atomic E-state index is 12.3. The number of fused-ring (bicyclic) bond motifs is 1. The molecule has 0 aliphatic heterocycles. The average Bonchev–Trinajstić information content (AvgIpc) is 3.52. The topological polar surface area (TPSA) is 102 Å². The van der Waals surface area contributed by atoms with Gasteiger partial charge in [0.05, 0.1) is 5.52 Å². The van der Waals surface area contributed by atoms with Gasteiger partial charge >= 0.3 is 6.18 Å². The van der Waals surface area contributed by atoms with Crippen LogP contribution in [-0.4, -0.2) is 38.6 Å². The number of alkyl halides is 3. The molecule has 2 heterocycles. The van der Waals surface area contributed by atoms with E-state index in [1.807, 2.05) is 16.2 Å². The molecule has 0 amide bonds. The van der Waals surface area contributed by atoms with Gasteiger partial charge < -0.3 is 10.5 Å². The van der Waals surface area contributed by atoms with Gasteiger partial charge in [0, 0.05) is 70.8 Å². The number of aromatic nitrogens is 3. The third kappa shape index (κ3) is 5.11. The second kappa shape index (κ2) is 8.65. The summed E-state index contributed by atoms with van der Waals surface area (Å²) in [5.41, 5.74) is 8.40.